The van der Waals surface area contributed by atoms with Crippen LogP contribution < -0.4 is 4.74 Å². The van der Waals surface area contributed by atoms with Crippen molar-refractivity contribution in [3.63, 3.8) is 0 Å². The van der Waals surface area contributed by atoms with Gasteiger partial charge in [0.25, 0.3) is 0 Å². The monoisotopic (exact) mass is 252 g/mol. The number of hydrogen-bond acceptors (Lipinski definition) is 2. The maximum absolute atomic E-state index is 11.8. The van der Waals surface area contributed by atoms with Crippen LogP contribution in [0.3, 0.4) is 0 Å². The SMILES string of the molecule is CC#CCC(=O)Cc1cccc2ccc(OC)cc12. The summed E-state index contributed by atoms with van der Waals surface area (Å²) in [5.41, 5.74) is 1.03. The van der Waals surface area contributed by atoms with Crippen LogP contribution in [-0.2, 0) is 11.2 Å². The average molecular weight is 252 g/mol. The summed E-state index contributed by atoms with van der Waals surface area (Å²) in [4.78, 5) is 11.8. The van der Waals surface area contributed by atoms with Crippen molar-refractivity contribution in [3.05, 3.63) is 42.0 Å². The molecule has 0 saturated carbocycles. The van der Waals surface area contributed by atoms with E-state index in [1.54, 1.807) is 14.0 Å². The van der Waals surface area contributed by atoms with Gasteiger partial charge in [-0.15, -0.1) is 5.92 Å². The van der Waals surface area contributed by atoms with Gasteiger partial charge < -0.3 is 4.74 Å². The molecule has 2 aromatic carbocycles. The lowest BCUT2D eigenvalue weighted by Crippen LogP contribution is -2.01. The molecule has 2 nitrogen and oxygen atoms in total. The van der Waals surface area contributed by atoms with Crippen LogP contribution in [0.15, 0.2) is 36.4 Å². The average Bonchev–Trinajstić information content (AvgIpc) is 2.45. The highest BCUT2D eigenvalue weighted by Gasteiger charge is 2.07. The highest BCUT2D eigenvalue weighted by molar-refractivity contribution is 5.92. The topological polar surface area (TPSA) is 26.3 Å². The van der Waals surface area contributed by atoms with Gasteiger partial charge in [0.2, 0.25) is 0 Å². The van der Waals surface area contributed by atoms with E-state index < -0.39 is 0 Å². The fourth-order valence-electron chi connectivity index (χ4n) is 2.06. The normalized spacial score (nSPS) is 9.79. The molecule has 0 spiro atoms. The van der Waals surface area contributed by atoms with Crippen molar-refractivity contribution in [2.75, 3.05) is 7.11 Å². The van der Waals surface area contributed by atoms with Crippen LogP contribution in [0.2, 0.25) is 0 Å². The second-order valence-electron chi connectivity index (χ2n) is 4.32. The molecule has 0 heterocycles. The minimum Gasteiger partial charge on any atom is -0.497 e. The van der Waals surface area contributed by atoms with Crippen molar-refractivity contribution in [3.8, 4) is 17.6 Å². The Morgan fingerprint density at radius 3 is 2.84 bits per heavy atom. The molecule has 2 aromatic rings. The summed E-state index contributed by atoms with van der Waals surface area (Å²) in [5.74, 6) is 6.51. The number of hydrogen-bond donors (Lipinski definition) is 0. The smallest absolute Gasteiger partial charge is 0.149 e. The van der Waals surface area contributed by atoms with Gasteiger partial charge in [0.15, 0.2) is 0 Å². The molecule has 19 heavy (non-hydrogen) atoms. The van der Waals surface area contributed by atoms with Crippen LogP contribution >= 0.6 is 0 Å². The van der Waals surface area contributed by atoms with Crippen molar-refractivity contribution >= 4 is 16.6 Å². The Hall–Kier alpha value is -2.27. The molecule has 0 N–H and O–H groups in total. The molecule has 0 aliphatic carbocycles. The summed E-state index contributed by atoms with van der Waals surface area (Å²) < 4.78 is 5.24. The number of rotatable bonds is 4. The summed E-state index contributed by atoms with van der Waals surface area (Å²) in [7, 11) is 1.64. The van der Waals surface area contributed by atoms with Crippen LogP contribution in [-0.4, -0.2) is 12.9 Å². The lowest BCUT2D eigenvalue weighted by Gasteiger charge is -2.07. The Morgan fingerprint density at radius 2 is 2.11 bits per heavy atom. The predicted octanol–water partition coefficient (Wildman–Crippen LogP) is 3.37. The van der Waals surface area contributed by atoms with E-state index in [-0.39, 0.29) is 5.78 Å². The summed E-state index contributed by atoms with van der Waals surface area (Å²) in [6.45, 7) is 1.75. The van der Waals surface area contributed by atoms with Crippen molar-refractivity contribution in [2.45, 2.75) is 19.8 Å². The lowest BCUT2D eigenvalue weighted by atomic mass is 9.99. The number of ketones is 1. The molecule has 0 aromatic heterocycles. The van der Waals surface area contributed by atoms with E-state index in [4.69, 9.17) is 4.74 Å². The van der Waals surface area contributed by atoms with E-state index in [0.717, 1.165) is 22.1 Å². The number of methoxy groups -OCH3 is 1. The molecule has 0 unspecified atom stereocenters. The first-order valence-corrected chi connectivity index (χ1v) is 6.21. The van der Waals surface area contributed by atoms with Crippen molar-refractivity contribution in [2.24, 2.45) is 0 Å². The lowest BCUT2D eigenvalue weighted by molar-refractivity contribution is -0.117. The number of fused-ring (bicyclic) bond motifs is 1. The highest BCUT2D eigenvalue weighted by atomic mass is 16.5. The minimum atomic E-state index is 0.143. The van der Waals surface area contributed by atoms with Crippen LogP contribution in [0.1, 0.15) is 18.9 Å². The third-order valence-electron chi connectivity index (χ3n) is 3.03. The van der Waals surface area contributed by atoms with E-state index in [1.165, 1.54) is 0 Å². The van der Waals surface area contributed by atoms with Crippen LogP contribution in [0.5, 0.6) is 5.75 Å². The largest absolute Gasteiger partial charge is 0.497 e. The molecule has 0 aliphatic heterocycles. The van der Waals surface area contributed by atoms with E-state index in [2.05, 4.69) is 11.8 Å². The molecule has 0 saturated heterocycles. The molecule has 0 radical (unpaired) electrons. The second-order valence-corrected chi connectivity index (χ2v) is 4.32. The molecule has 0 fully saturated rings. The fraction of sp³-hybridized carbons (Fsp3) is 0.235. The number of carbonyl (C=O) groups excluding carboxylic acids is 1. The van der Waals surface area contributed by atoms with E-state index in [9.17, 15) is 4.79 Å². The molecule has 96 valence electrons. The van der Waals surface area contributed by atoms with E-state index >= 15 is 0 Å². The summed E-state index contributed by atoms with van der Waals surface area (Å²) in [5, 5.41) is 2.19. The first-order chi connectivity index (χ1) is 9.24. The fourth-order valence-corrected chi connectivity index (χ4v) is 2.06. The zero-order chi connectivity index (χ0) is 13.7. The molecule has 0 aliphatic rings. The number of Topliss-reactive ketones (excluding diaryl/α,β-unsaturated/α-hetero) is 1. The van der Waals surface area contributed by atoms with Gasteiger partial charge in [-0.2, -0.15) is 0 Å². The van der Waals surface area contributed by atoms with Gasteiger partial charge in [-0.3, -0.25) is 4.79 Å². The maximum atomic E-state index is 11.8. The molecular formula is C17H16O2. The van der Waals surface area contributed by atoms with Crippen molar-refractivity contribution in [1.82, 2.24) is 0 Å². The van der Waals surface area contributed by atoms with E-state index in [0.29, 0.717) is 12.8 Å². The first-order valence-electron chi connectivity index (χ1n) is 6.21. The molecule has 2 rings (SSSR count). The maximum Gasteiger partial charge on any atom is 0.149 e. The zero-order valence-electron chi connectivity index (χ0n) is 11.2. The standard InChI is InChI=1S/C17H16O2/c1-3-4-8-15(18)11-14-7-5-6-13-9-10-16(19-2)12-17(13)14/h5-7,9-10,12H,8,11H2,1-2H3. The summed E-state index contributed by atoms with van der Waals surface area (Å²) in [6, 6.07) is 11.9. The molecule has 0 bridgehead atoms. The first kappa shape index (κ1) is 13.2. The second kappa shape index (κ2) is 6.06. The van der Waals surface area contributed by atoms with Crippen LogP contribution in [0.25, 0.3) is 10.8 Å². The molecule has 2 heteroatoms. The van der Waals surface area contributed by atoms with Gasteiger partial charge >= 0.3 is 0 Å². The molecule has 0 atom stereocenters. The zero-order valence-corrected chi connectivity index (χ0v) is 11.2. The minimum absolute atomic E-state index is 0.143. The van der Waals surface area contributed by atoms with Gasteiger partial charge in [-0.1, -0.05) is 30.2 Å². The summed E-state index contributed by atoms with van der Waals surface area (Å²) >= 11 is 0. The van der Waals surface area contributed by atoms with E-state index in [1.807, 2.05) is 36.4 Å². The van der Waals surface area contributed by atoms with Gasteiger partial charge in [-0.05, 0) is 35.4 Å². The van der Waals surface area contributed by atoms with Crippen LogP contribution in [0, 0.1) is 11.8 Å². The van der Waals surface area contributed by atoms with Crippen molar-refractivity contribution < 1.29 is 9.53 Å². The Kier molecular flexibility index (Phi) is 4.20. The predicted molar refractivity (Wildman–Crippen MR) is 77.3 cm³/mol. The number of carbonyl (C=O) groups is 1. The van der Waals surface area contributed by atoms with Crippen LogP contribution in [0.4, 0.5) is 0 Å². The highest BCUT2D eigenvalue weighted by Crippen LogP contribution is 2.24. The third-order valence-corrected chi connectivity index (χ3v) is 3.03. The van der Waals surface area contributed by atoms with Gasteiger partial charge in [-0.25, -0.2) is 0 Å². The Bertz CT molecular complexity index is 660. The third kappa shape index (κ3) is 3.14. The quantitative estimate of drug-likeness (QED) is 0.780. The molecular weight excluding hydrogens is 236 g/mol. The Balaban J connectivity index is 2.35. The van der Waals surface area contributed by atoms with Gasteiger partial charge in [0.1, 0.15) is 11.5 Å². The number of ether oxygens (including phenoxy) is 1. The molecule has 0 amide bonds. The van der Waals surface area contributed by atoms with Gasteiger partial charge in [0, 0.05) is 6.42 Å². The van der Waals surface area contributed by atoms with Crippen molar-refractivity contribution in [1.29, 1.82) is 0 Å². The Labute approximate surface area is 113 Å². The van der Waals surface area contributed by atoms with Gasteiger partial charge in [0.05, 0.1) is 13.5 Å². The Morgan fingerprint density at radius 1 is 1.26 bits per heavy atom. The summed E-state index contributed by atoms with van der Waals surface area (Å²) in [6.07, 6.45) is 0.732. The number of benzene rings is 2.